The number of benzene rings is 1. The van der Waals surface area contributed by atoms with E-state index < -0.39 is 0 Å². The van der Waals surface area contributed by atoms with Crippen LogP contribution >= 0.6 is 0 Å². The molecule has 2 N–H and O–H groups in total. The van der Waals surface area contributed by atoms with Gasteiger partial charge in [0.1, 0.15) is 0 Å². The predicted molar refractivity (Wildman–Crippen MR) is 79.6 cm³/mol. The zero-order valence-corrected chi connectivity index (χ0v) is 11.5. The molecule has 0 atom stereocenters. The number of unbranched alkanes of at least 4 members (excludes halogenated alkanes) is 4. The number of fused-ring (bicyclic) bond motifs is 1. The van der Waals surface area contributed by atoms with Crippen molar-refractivity contribution in [1.82, 2.24) is 4.98 Å². The van der Waals surface area contributed by atoms with Crippen molar-refractivity contribution >= 4 is 16.6 Å². The lowest BCUT2D eigenvalue weighted by Gasteiger charge is -2.08. The fourth-order valence-electron chi connectivity index (χ4n) is 2.36. The molecule has 102 valence electrons. The molecule has 0 amide bonds. The largest absolute Gasteiger partial charge is 0.291 e. The lowest BCUT2D eigenvalue weighted by molar-refractivity contribution is 0.389. The summed E-state index contributed by atoms with van der Waals surface area (Å²) in [5.41, 5.74) is 5.01. The van der Waals surface area contributed by atoms with Crippen molar-refractivity contribution in [3.8, 4) is 0 Å². The summed E-state index contributed by atoms with van der Waals surface area (Å²) in [5.74, 6) is 0. The van der Waals surface area contributed by atoms with Gasteiger partial charge >= 0.3 is 0 Å². The molecule has 3 nitrogen and oxygen atoms in total. The van der Waals surface area contributed by atoms with Gasteiger partial charge in [-0.3, -0.25) is 15.7 Å². The highest BCUT2D eigenvalue weighted by Gasteiger charge is 2.04. The number of aryl methyl sites for hydroxylation is 1. The van der Waals surface area contributed by atoms with Gasteiger partial charge in [-0.2, -0.15) is 0 Å². The molecule has 3 heteroatoms. The fraction of sp³-hybridized carbons (Fsp3) is 0.438. The van der Waals surface area contributed by atoms with Crippen molar-refractivity contribution in [2.75, 3.05) is 5.48 Å². The van der Waals surface area contributed by atoms with Crippen LogP contribution in [0, 0.1) is 0 Å². The van der Waals surface area contributed by atoms with Crippen LogP contribution in [0.1, 0.15) is 44.7 Å². The topological polar surface area (TPSA) is 45.1 Å². The van der Waals surface area contributed by atoms with Gasteiger partial charge < -0.3 is 0 Å². The van der Waals surface area contributed by atoms with Crippen LogP contribution in [-0.2, 0) is 6.42 Å². The van der Waals surface area contributed by atoms with E-state index in [0.717, 1.165) is 35.1 Å². The van der Waals surface area contributed by atoms with E-state index in [4.69, 9.17) is 0 Å². The molecule has 19 heavy (non-hydrogen) atoms. The molecule has 0 aliphatic heterocycles. The summed E-state index contributed by atoms with van der Waals surface area (Å²) in [6, 6.07) is 9.82. The number of pyridine rings is 1. The first-order valence-electron chi connectivity index (χ1n) is 7.14. The second kappa shape index (κ2) is 7.10. The molecular formula is C16H22N2O. The first-order valence-corrected chi connectivity index (χ1v) is 7.14. The zero-order valence-electron chi connectivity index (χ0n) is 11.5. The Labute approximate surface area is 114 Å². The van der Waals surface area contributed by atoms with Crippen molar-refractivity contribution < 1.29 is 5.21 Å². The Hall–Kier alpha value is -1.61. The van der Waals surface area contributed by atoms with E-state index in [-0.39, 0.29) is 0 Å². The Morgan fingerprint density at radius 1 is 1.11 bits per heavy atom. The number of hydrogen-bond acceptors (Lipinski definition) is 3. The minimum atomic E-state index is 0.745. The van der Waals surface area contributed by atoms with Crippen LogP contribution in [0.4, 0.5) is 5.69 Å². The molecule has 0 unspecified atom stereocenters. The van der Waals surface area contributed by atoms with Crippen LogP contribution in [0.15, 0.2) is 30.3 Å². The Morgan fingerprint density at radius 2 is 1.89 bits per heavy atom. The quantitative estimate of drug-likeness (QED) is 0.565. The molecule has 0 spiro atoms. The number of para-hydroxylation sites is 1. The van der Waals surface area contributed by atoms with E-state index >= 15 is 0 Å². The maximum absolute atomic E-state index is 9.22. The fourth-order valence-corrected chi connectivity index (χ4v) is 2.36. The number of rotatable bonds is 7. The maximum atomic E-state index is 9.22. The molecule has 1 heterocycles. The smallest absolute Gasteiger partial charge is 0.0726 e. The Morgan fingerprint density at radius 3 is 2.68 bits per heavy atom. The van der Waals surface area contributed by atoms with Crippen molar-refractivity contribution in [3.63, 3.8) is 0 Å². The number of nitrogens with one attached hydrogen (secondary N) is 1. The van der Waals surface area contributed by atoms with Crippen LogP contribution in [0.3, 0.4) is 0 Å². The van der Waals surface area contributed by atoms with E-state index in [9.17, 15) is 5.21 Å². The number of nitrogens with zero attached hydrogens (tertiary/aromatic N) is 1. The van der Waals surface area contributed by atoms with Gasteiger partial charge in [0.2, 0.25) is 0 Å². The second-order valence-electron chi connectivity index (χ2n) is 4.95. The molecule has 0 aliphatic rings. The molecule has 0 radical (unpaired) electrons. The third-order valence-electron chi connectivity index (χ3n) is 3.43. The highest BCUT2D eigenvalue weighted by molar-refractivity contribution is 5.90. The SMILES string of the molecule is CCCCCCCc1cc(NO)c2ccccc2n1. The predicted octanol–water partition coefficient (Wildman–Crippen LogP) is 4.55. The average Bonchev–Trinajstić information content (AvgIpc) is 2.46. The summed E-state index contributed by atoms with van der Waals surface area (Å²) in [6.45, 7) is 2.23. The maximum Gasteiger partial charge on any atom is 0.0726 e. The van der Waals surface area contributed by atoms with Crippen LogP contribution in [0.25, 0.3) is 10.9 Å². The van der Waals surface area contributed by atoms with E-state index in [0.29, 0.717) is 0 Å². The van der Waals surface area contributed by atoms with E-state index in [1.54, 1.807) is 0 Å². The lowest BCUT2D eigenvalue weighted by Crippen LogP contribution is -1.97. The minimum absolute atomic E-state index is 0.745. The number of hydrogen-bond donors (Lipinski definition) is 2. The van der Waals surface area contributed by atoms with Gasteiger partial charge in [-0.25, -0.2) is 0 Å². The summed E-state index contributed by atoms with van der Waals surface area (Å²) < 4.78 is 0. The highest BCUT2D eigenvalue weighted by Crippen LogP contribution is 2.23. The first-order chi connectivity index (χ1) is 9.35. The van der Waals surface area contributed by atoms with Crippen molar-refractivity contribution in [3.05, 3.63) is 36.0 Å². The first kappa shape index (κ1) is 13.8. The molecule has 2 aromatic rings. The number of aromatic nitrogens is 1. The Kier molecular flexibility index (Phi) is 5.16. The van der Waals surface area contributed by atoms with Gasteiger partial charge in [0.25, 0.3) is 0 Å². The summed E-state index contributed by atoms with van der Waals surface area (Å²) in [6.07, 6.45) is 7.28. The van der Waals surface area contributed by atoms with Gasteiger partial charge in [0.15, 0.2) is 0 Å². The minimum Gasteiger partial charge on any atom is -0.291 e. The third-order valence-corrected chi connectivity index (χ3v) is 3.43. The van der Waals surface area contributed by atoms with E-state index in [2.05, 4.69) is 17.4 Å². The van der Waals surface area contributed by atoms with Crippen molar-refractivity contribution in [2.45, 2.75) is 45.4 Å². The van der Waals surface area contributed by atoms with E-state index in [1.165, 1.54) is 25.7 Å². The van der Waals surface area contributed by atoms with Gasteiger partial charge in [0.05, 0.1) is 11.2 Å². The Balaban J connectivity index is 2.07. The van der Waals surface area contributed by atoms with Gasteiger partial charge in [-0.15, -0.1) is 0 Å². The lowest BCUT2D eigenvalue weighted by atomic mass is 10.1. The van der Waals surface area contributed by atoms with Crippen LogP contribution in [0.5, 0.6) is 0 Å². The third kappa shape index (κ3) is 3.67. The Bertz CT molecular complexity index is 525. The standard InChI is InChI=1S/C16H22N2O/c1-2-3-4-5-6-9-13-12-16(18-19)14-10-7-8-11-15(14)17-13/h7-8,10-12,19H,2-6,9H2,1H3,(H,17,18). The van der Waals surface area contributed by atoms with Crippen molar-refractivity contribution in [1.29, 1.82) is 0 Å². The molecule has 0 saturated heterocycles. The van der Waals surface area contributed by atoms with Gasteiger partial charge in [-0.05, 0) is 25.0 Å². The normalized spacial score (nSPS) is 10.8. The molecule has 2 rings (SSSR count). The summed E-state index contributed by atoms with van der Waals surface area (Å²) >= 11 is 0. The molecule has 0 aliphatic carbocycles. The molecule has 1 aromatic heterocycles. The summed E-state index contributed by atoms with van der Waals surface area (Å²) in [4.78, 5) is 4.65. The van der Waals surface area contributed by atoms with Crippen LogP contribution in [-0.4, -0.2) is 10.2 Å². The van der Waals surface area contributed by atoms with E-state index in [1.807, 2.05) is 30.3 Å². The second-order valence-corrected chi connectivity index (χ2v) is 4.95. The van der Waals surface area contributed by atoms with Gasteiger partial charge in [-0.1, -0.05) is 50.8 Å². The molecule has 0 saturated carbocycles. The van der Waals surface area contributed by atoms with Gasteiger partial charge in [0, 0.05) is 11.1 Å². The van der Waals surface area contributed by atoms with Crippen molar-refractivity contribution in [2.24, 2.45) is 0 Å². The average molecular weight is 258 g/mol. The zero-order chi connectivity index (χ0) is 13.5. The molecular weight excluding hydrogens is 236 g/mol. The number of anilines is 1. The molecule has 0 bridgehead atoms. The summed E-state index contributed by atoms with van der Waals surface area (Å²) in [5, 5.41) is 10.2. The van der Waals surface area contributed by atoms with Crippen LogP contribution < -0.4 is 5.48 Å². The summed E-state index contributed by atoms with van der Waals surface area (Å²) in [7, 11) is 0. The molecule has 1 aromatic carbocycles. The highest BCUT2D eigenvalue weighted by atomic mass is 16.5. The van der Waals surface area contributed by atoms with Crippen LogP contribution in [0.2, 0.25) is 0 Å². The molecule has 0 fully saturated rings. The monoisotopic (exact) mass is 258 g/mol.